The molecule has 0 radical (unpaired) electrons. The largest absolute Gasteiger partial charge is 0.330 e. The van der Waals surface area contributed by atoms with Gasteiger partial charge in [-0.25, -0.2) is 18.9 Å². The quantitative estimate of drug-likeness (QED) is 0.314. The monoisotopic (exact) mass is 482 g/mol. The first-order valence-electron chi connectivity index (χ1n) is 11.7. The molecule has 36 heavy (non-hydrogen) atoms. The number of aromatic nitrogens is 5. The second kappa shape index (κ2) is 9.47. The number of ketones is 1. The minimum atomic E-state index is -0.294. The number of fused-ring (bicyclic) bond motifs is 1. The number of hydrogen-bond donors (Lipinski definition) is 0. The third-order valence-corrected chi connectivity index (χ3v) is 6.19. The van der Waals surface area contributed by atoms with E-state index in [0.29, 0.717) is 29.1 Å². The summed E-state index contributed by atoms with van der Waals surface area (Å²) >= 11 is 0. The maximum Gasteiger partial charge on any atom is 0.169 e. The number of Topliss-reactive ketones (excluding diaryl/α,β-unsaturated/α-hetero) is 1. The van der Waals surface area contributed by atoms with E-state index >= 15 is 0 Å². The van der Waals surface area contributed by atoms with Gasteiger partial charge in [-0.2, -0.15) is 5.10 Å². The van der Waals surface area contributed by atoms with Crippen LogP contribution in [0, 0.1) is 12.7 Å². The predicted molar refractivity (Wildman–Crippen MR) is 137 cm³/mol. The van der Waals surface area contributed by atoms with Gasteiger partial charge in [-0.05, 0) is 63.0 Å². The van der Waals surface area contributed by atoms with Gasteiger partial charge in [0.1, 0.15) is 17.3 Å². The summed E-state index contributed by atoms with van der Waals surface area (Å²) in [5.41, 5.74) is 6.10. The molecular formula is C28H27FN6O. The van der Waals surface area contributed by atoms with Gasteiger partial charge in [0.25, 0.3) is 0 Å². The van der Waals surface area contributed by atoms with Crippen molar-refractivity contribution in [3.05, 3.63) is 95.3 Å². The zero-order chi connectivity index (χ0) is 25.4. The van der Waals surface area contributed by atoms with Gasteiger partial charge in [-0.15, -0.1) is 0 Å². The van der Waals surface area contributed by atoms with Gasteiger partial charge >= 0.3 is 0 Å². The molecule has 182 valence electrons. The highest BCUT2D eigenvalue weighted by atomic mass is 19.1. The topological polar surface area (TPSA) is 68.3 Å². The summed E-state index contributed by atoms with van der Waals surface area (Å²) in [4.78, 5) is 24.5. The van der Waals surface area contributed by atoms with Crippen molar-refractivity contribution in [2.45, 2.75) is 19.9 Å². The summed E-state index contributed by atoms with van der Waals surface area (Å²) in [5, 5.41) is 4.78. The Hall–Kier alpha value is -4.17. The summed E-state index contributed by atoms with van der Waals surface area (Å²) < 4.78 is 17.2. The Morgan fingerprint density at radius 1 is 1.00 bits per heavy atom. The minimum absolute atomic E-state index is 0.0249. The van der Waals surface area contributed by atoms with Crippen molar-refractivity contribution in [3.8, 4) is 22.6 Å². The Kier molecular flexibility index (Phi) is 6.20. The number of hydrogen-bond acceptors (Lipinski definition) is 5. The number of nitrogens with zero attached hydrogens (tertiary/aromatic N) is 6. The smallest absolute Gasteiger partial charge is 0.169 e. The van der Waals surface area contributed by atoms with Crippen LogP contribution in [0.2, 0.25) is 0 Å². The molecule has 0 aliphatic carbocycles. The Balaban J connectivity index is 1.48. The van der Waals surface area contributed by atoms with Crippen molar-refractivity contribution in [2.75, 3.05) is 14.1 Å². The molecule has 0 saturated carbocycles. The average molecular weight is 483 g/mol. The van der Waals surface area contributed by atoms with Crippen molar-refractivity contribution < 1.29 is 9.18 Å². The van der Waals surface area contributed by atoms with E-state index in [4.69, 9.17) is 10.1 Å². The normalized spacial score (nSPS) is 11.5. The van der Waals surface area contributed by atoms with Crippen LogP contribution >= 0.6 is 0 Å². The zero-order valence-electron chi connectivity index (χ0n) is 20.7. The lowest BCUT2D eigenvalue weighted by atomic mass is 10.0. The van der Waals surface area contributed by atoms with Crippen LogP contribution in [0.5, 0.6) is 0 Å². The molecule has 0 unspecified atom stereocenters. The lowest BCUT2D eigenvalue weighted by Gasteiger charge is -2.13. The van der Waals surface area contributed by atoms with E-state index < -0.39 is 0 Å². The van der Waals surface area contributed by atoms with E-state index in [1.165, 1.54) is 12.1 Å². The number of carbonyl (C=O) groups is 1. The van der Waals surface area contributed by atoms with Crippen molar-refractivity contribution in [1.29, 1.82) is 0 Å². The first-order valence-corrected chi connectivity index (χ1v) is 11.7. The molecule has 0 fully saturated rings. The zero-order valence-corrected chi connectivity index (χ0v) is 20.7. The number of carbonyl (C=O) groups excluding carboxylic acids is 1. The number of imidazole rings is 2. The van der Waals surface area contributed by atoms with Gasteiger partial charge in [-0.3, -0.25) is 4.79 Å². The fourth-order valence-corrected chi connectivity index (χ4v) is 4.39. The molecular weight excluding hydrogens is 455 g/mol. The maximum atomic E-state index is 13.5. The highest BCUT2D eigenvalue weighted by molar-refractivity contribution is 5.98. The van der Waals surface area contributed by atoms with Crippen LogP contribution in [-0.2, 0) is 20.0 Å². The van der Waals surface area contributed by atoms with Crippen LogP contribution in [0.4, 0.5) is 4.39 Å². The first kappa shape index (κ1) is 23.6. The van der Waals surface area contributed by atoms with E-state index in [-0.39, 0.29) is 18.0 Å². The first-order chi connectivity index (χ1) is 17.3. The molecule has 7 nitrogen and oxygen atoms in total. The highest BCUT2D eigenvalue weighted by Gasteiger charge is 2.19. The summed E-state index contributed by atoms with van der Waals surface area (Å²) in [6.45, 7) is 2.61. The van der Waals surface area contributed by atoms with Crippen LogP contribution in [-0.4, -0.2) is 48.9 Å². The molecule has 8 heteroatoms. The van der Waals surface area contributed by atoms with Crippen molar-refractivity contribution in [3.63, 3.8) is 0 Å². The van der Waals surface area contributed by atoms with Gasteiger partial charge in [-0.1, -0.05) is 24.3 Å². The Morgan fingerprint density at radius 2 is 1.75 bits per heavy atom. The van der Waals surface area contributed by atoms with Crippen LogP contribution < -0.4 is 0 Å². The molecule has 0 saturated heterocycles. The molecule has 3 aromatic heterocycles. The second-order valence-corrected chi connectivity index (χ2v) is 9.17. The Bertz CT molecular complexity index is 1570. The summed E-state index contributed by atoms with van der Waals surface area (Å²) in [7, 11) is 5.90. The van der Waals surface area contributed by atoms with Crippen molar-refractivity contribution in [1.82, 2.24) is 29.0 Å². The third-order valence-electron chi connectivity index (χ3n) is 6.19. The van der Waals surface area contributed by atoms with E-state index in [9.17, 15) is 9.18 Å². The average Bonchev–Trinajstić information content (AvgIpc) is 3.38. The molecule has 0 spiro atoms. The number of aryl methyl sites for hydroxylation is 1. The summed E-state index contributed by atoms with van der Waals surface area (Å²) in [5.74, 6) is 0.550. The minimum Gasteiger partial charge on any atom is -0.330 e. The van der Waals surface area contributed by atoms with Gasteiger partial charge < -0.3 is 9.47 Å². The fraction of sp³-hybridized carbons (Fsp3) is 0.214. The van der Waals surface area contributed by atoms with Gasteiger partial charge in [0.15, 0.2) is 11.4 Å². The third kappa shape index (κ3) is 4.55. The Labute approximate surface area is 208 Å². The van der Waals surface area contributed by atoms with Gasteiger partial charge in [0, 0.05) is 24.7 Å². The number of rotatable bonds is 7. The number of benzene rings is 2. The van der Waals surface area contributed by atoms with Crippen LogP contribution in [0.25, 0.3) is 28.3 Å². The highest BCUT2D eigenvalue weighted by Crippen LogP contribution is 2.31. The summed E-state index contributed by atoms with van der Waals surface area (Å²) in [6.07, 6.45) is 1.99. The van der Waals surface area contributed by atoms with Crippen LogP contribution in [0.1, 0.15) is 27.4 Å². The van der Waals surface area contributed by atoms with E-state index in [1.807, 2.05) is 73.9 Å². The molecule has 5 aromatic rings. The predicted octanol–water partition coefficient (Wildman–Crippen LogP) is 4.73. The molecule has 0 atom stereocenters. The standard InChI is InChI=1S/C28H27FN6O/c1-18-30-27(19-9-11-21(29)12-10-19)28(34(18)4)24-13-14-26-31-22(17-35(26)32-24)15-25(36)23-8-6-5-7-20(23)16-33(2)3/h5-14,17H,15-16H2,1-4H3. The molecule has 3 heterocycles. The Morgan fingerprint density at radius 3 is 2.50 bits per heavy atom. The summed E-state index contributed by atoms with van der Waals surface area (Å²) in [6, 6.07) is 17.8. The maximum absolute atomic E-state index is 13.5. The van der Waals surface area contributed by atoms with Crippen LogP contribution in [0.15, 0.2) is 66.9 Å². The van der Waals surface area contributed by atoms with Crippen LogP contribution in [0.3, 0.4) is 0 Å². The second-order valence-electron chi connectivity index (χ2n) is 9.17. The molecule has 0 amide bonds. The van der Waals surface area contributed by atoms with Gasteiger partial charge in [0.05, 0.1) is 29.7 Å². The fourth-order valence-electron chi connectivity index (χ4n) is 4.39. The lowest BCUT2D eigenvalue weighted by Crippen LogP contribution is -2.15. The number of halogens is 1. The van der Waals surface area contributed by atoms with Gasteiger partial charge in [0.2, 0.25) is 0 Å². The molecule has 0 bridgehead atoms. The van der Waals surface area contributed by atoms with E-state index in [2.05, 4.69) is 4.98 Å². The van der Waals surface area contributed by atoms with Crippen molar-refractivity contribution >= 4 is 11.4 Å². The lowest BCUT2D eigenvalue weighted by molar-refractivity contribution is 0.0990. The molecule has 0 N–H and O–H groups in total. The van der Waals surface area contributed by atoms with E-state index in [0.717, 1.165) is 28.3 Å². The molecule has 0 aliphatic rings. The van der Waals surface area contributed by atoms with Crippen molar-refractivity contribution in [2.24, 2.45) is 7.05 Å². The molecule has 0 aliphatic heterocycles. The molecule has 2 aromatic carbocycles. The molecule has 5 rings (SSSR count). The van der Waals surface area contributed by atoms with E-state index in [1.54, 1.807) is 22.8 Å². The SMILES string of the molecule is Cc1nc(-c2ccc(F)cc2)c(-c2ccc3nc(CC(=O)c4ccccc4CN(C)C)cn3n2)n1C.